The van der Waals surface area contributed by atoms with Crippen LogP contribution in [0.25, 0.3) is 0 Å². The molecule has 0 bridgehead atoms. The van der Waals surface area contributed by atoms with Crippen molar-refractivity contribution in [1.82, 2.24) is 9.78 Å². The number of hydrogen-bond acceptors (Lipinski definition) is 5. The van der Waals surface area contributed by atoms with Crippen molar-refractivity contribution in [2.45, 2.75) is 20.0 Å². The van der Waals surface area contributed by atoms with Crippen molar-refractivity contribution in [2.75, 3.05) is 5.32 Å². The molecular weight excluding hydrogens is 258 g/mol. The maximum atomic E-state index is 11.1. The minimum Gasteiger partial charge on any atom is -0.374 e. The van der Waals surface area contributed by atoms with Gasteiger partial charge < -0.3 is 5.32 Å². The molecule has 0 aliphatic carbocycles. The van der Waals surface area contributed by atoms with Gasteiger partial charge in [0.05, 0.1) is 17.2 Å². The van der Waals surface area contributed by atoms with Gasteiger partial charge >= 0.3 is 5.69 Å². The Morgan fingerprint density at radius 2 is 2.30 bits per heavy atom. The fraction of sp³-hybridized carbons (Fsp3) is 0.231. The Morgan fingerprint density at radius 3 is 2.90 bits per heavy atom. The highest BCUT2D eigenvalue weighted by Gasteiger charge is 2.19. The zero-order valence-electron chi connectivity index (χ0n) is 10.9. The standard InChI is InChI=1S/C13H13N5O2/c1-2-17-7-6-11(16-17)9-15-12-5-3-4-10(8-14)13(12)18(19)20/h3-7,15H,2,9H2,1H3. The molecule has 20 heavy (non-hydrogen) atoms. The molecule has 1 heterocycles. The third-order valence-electron chi connectivity index (χ3n) is 2.82. The van der Waals surface area contributed by atoms with Crippen molar-refractivity contribution in [3.63, 3.8) is 0 Å². The summed E-state index contributed by atoms with van der Waals surface area (Å²) in [5, 5.41) is 27.2. The van der Waals surface area contributed by atoms with Crippen molar-refractivity contribution < 1.29 is 4.92 Å². The number of nitro benzene ring substituents is 1. The molecule has 0 unspecified atom stereocenters. The van der Waals surface area contributed by atoms with Crippen molar-refractivity contribution in [1.29, 1.82) is 5.26 Å². The fourth-order valence-electron chi connectivity index (χ4n) is 1.83. The van der Waals surface area contributed by atoms with Crippen LogP contribution in [0.3, 0.4) is 0 Å². The van der Waals surface area contributed by atoms with Gasteiger partial charge in [0.2, 0.25) is 0 Å². The number of nitrogens with zero attached hydrogens (tertiary/aromatic N) is 4. The Balaban J connectivity index is 2.21. The Morgan fingerprint density at radius 1 is 1.50 bits per heavy atom. The molecule has 0 aliphatic rings. The molecule has 1 aromatic heterocycles. The van der Waals surface area contributed by atoms with Gasteiger partial charge in [0, 0.05) is 12.7 Å². The number of hydrogen-bond donors (Lipinski definition) is 1. The summed E-state index contributed by atoms with van der Waals surface area (Å²) in [7, 11) is 0. The molecule has 0 saturated carbocycles. The van der Waals surface area contributed by atoms with E-state index in [0.717, 1.165) is 12.2 Å². The lowest BCUT2D eigenvalue weighted by Crippen LogP contribution is -2.05. The van der Waals surface area contributed by atoms with Crippen molar-refractivity contribution in [3.8, 4) is 6.07 Å². The van der Waals surface area contributed by atoms with Gasteiger partial charge in [-0.05, 0) is 25.1 Å². The molecule has 7 heteroatoms. The first-order chi connectivity index (χ1) is 9.65. The summed E-state index contributed by atoms with van der Waals surface area (Å²) < 4.78 is 1.77. The van der Waals surface area contributed by atoms with Gasteiger partial charge in [0.25, 0.3) is 0 Å². The number of aromatic nitrogens is 2. The number of para-hydroxylation sites is 1. The van der Waals surface area contributed by atoms with Gasteiger partial charge in [0.1, 0.15) is 17.3 Å². The summed E-state index contributed by atoms with van der Waals surface area (Å²) in [6.45, 7) is 3.11. The number of nitro groups is 1. The first-order valence-corrected chi connectivity index (χ1v) is 6.09. The smallest absolute Gasteiger partial charge is 0.309 e. The lowest BCUT2D eigenvalue weighted by Gasteiger charge is -2.06. The van der Waals surface area contributed by atoms with Gasteiger partial charge in [-0.15, -0.1) is 0 Å². The maximum Gasteiger partial charge on any atom is 0.309 e. The average Bonchev–Trinajstić information content (AvgIpc) is 2.92. The quantitative estimate of drug-likeness (QED) is 0.664. The van der Waals surface area contributed by atoms with E-state index >= 15 is 0 Å². The summed E-state index contributed by atoms with van der Waals surface area (Å²) in [5.41, 5.74) is 0.938. The summed E-state index contributed by atoms with van der Waals surface area (Å²) >= 11 is 0. The first-order valence-electron chi connectivity index (χ1n) is 6.09. The summed E-state index contributed by atoms with van der Waals surface area (Å²) in [4.78, 5) is 10.5. The Bertz CT molecular complexity index is 672. The van der Waals surface area contributed by atoms with E-state index < -0.39 is 4.92 Å². The number of aryl methyl sites for hydroxylation is 1. The van der Waals surface area contributed by atoms with Crippen molar-refractivity contribution in [2.24, 2.45) is 0 Å². The van der Waals surface area contributed by atoms with Crippen LogP contribution in [0.15, 0.2) is 30.5 Å². The van der Waals surface area contributed by atoms with Gasteiger partial charge in [0.15, 0.2) is 0 Å². The number of nitriles is 1. The van der Waals surface area contributed by atoms with Crippen molar-refractivity contribution >= 4 is 11.4 Å². The highest BCUT2D eigenvalue weighted by molar-refractivity contribution is 5.68. The van der Waals surface area contributed by atoms with Gasteiger partial charge in [-0.2, -0.15) is 10.4 Å². The highest BCUT2D eigenvalue weighted by Crippen LogP contribution is 2.28. The maximum absolute atomic E-state index is 11.1. The van der Waals surface area contributed by atoms with Crippen LogP contribution in [0.2, 0.25) is 0 Å². The third kappa shape index (κ3) is 2.75. The summed E-state index contributed by atoms with van der Waals surface area (Å²) in [5.74, 6) is 0. The van der Waals surface area contributed by atoms with Crippen LogP contribution < -0.4 is 5.32 Å². The topological polar surface area (TPSA) is 96.8 Å². The lowest BCUT2D eigenvalue weighted by molar-refractivity contribution is -0.384. The summed E-state index contributed by atoms with van der Waals surface area (Å²) in [6.07, 6.45) is 1.84. The van der Waals surface area contributed by atoms with E-state index in [9.17, 15) is 10.1 Å². The Labute approximate surface area is 115 Å². The van der Waals surface area contributed by atoms with E-state index in [1.807, 2.05) is 25.3 Å². The molecule has 0 fully saturated rings. The van der Waals surface area contributed by atoms with Crippen LogP contribution in [-0.4, -0.2) is 14.7 Å². The Kier molecular flexibility index (Phi) is 3.96. The zero-order chi connectivity index (χ0) is 14.5. The van der Waals surface area contributed by atoms with Crippen LogP contribution in [-0.2, 0) is 13.1 Å². The minimum absolute atomic E-state index is 0.0408. The predicted octanol–water partition coefficient (Wildman–Crippen LogP) is 2.29. The van der Waals surface area contributed by atoms with Gasteiger partial charge in [-0.3, -0.25) is 14.8 Å². The molecule has 1 aromatic carbocycles. The largest absolute Gasteiger partial charge is 0.374 e. The van der Waals surface area contributed by atoms with Crippen LogP contribution in [0, 0.1) is 21.4 Å². The molecule has 0 spiro atoms. The average molecular weight is 271 g/mol. The van der Waals surface area contributed by atoms with Crippen molar-refractivity contribution in [3.05, 3.63) is 51.8 Å². The molecule has 0 atom stereocenters. The molecular formula is C13H13N5O2. The van der Waals surface area contributed by atoms with E-state index in [1.165, 1.54) is 6.07 Å². The number of benzene rings is 1. The normalized spacial score (nSPS) is 10.0. The van der Waals surface area contributed by atoms with Crippen LogP contribution in [0.1, 0.15) is 18.2 Å². The summed E-state index contributed by atoms with van der Waals surface area (Å²) in [6, 6.07) is 8.29. The second-order valence-corrected chi connectivity index (χ2v) is 4.09. The number of anilines is 1. The highest BCUT2D eigenvalue weighted by atomic mass is 16.6. The SMILES string of the molecule is CCn1ccc(CNc2cccc(C#N)c2[N+](=O)[O-])n1. The molecule has 2 aromatic rings. The predicted molar refractivity (Wildman–Crippen MR) is 73.0 cm³/mol. The van der Waals surface area contributed by atoms with Gasteiger partial charge in [-0.1, -0.05) is 6.07 Å². The van der Waals surface area contributed by atoms with Crippen LogP contribution >= 0.6 is 0 Å². The molecule has 7 nitrogen and oxygen atoms in total. The Hall–Kier alpha value is -2.88. The van der Waals surface area contributed by atoms with E-state index in [2.05, 4.69) is 10.4 Å². The van der Waals surface area contributed by atoms with Crippen LogP contribution in [0.5, 0.6) is 0 Å². The monoisotopic (exact) mass is 271 g/mol. The molecule has 2 rings (SSSR count). The first kappa shape index (κ1) is 13.5. The number of rotatable bonds is 5. The second kappa shape index (κ2) is 5.84. The fourth-order valence-corrected chi connectivity index (χ4v) is 1.83. The zero-order valence-corrected chi connectivity index (χ0v) is 10.9. The minimum atomic E-state index is -0.550. The van der Waals surface area contributed by atoms with E-state index in [4.69, 9.17) is 5.26 Å². The molecule has 1 N–H and O–H groups in total. The lowest BCUT2D eigenvalue weighted by atomic mass is 10.1. The molecule has 0 radical (unpaired) electrons. The van der Waals surface area contributed by atoms with E-state index in [1.54, 1.807) is 16.8 Å². The third-order valence-corrected chi connectivity index (χ3v) is 2.82. The molecule has 102 valence electrons. The second-order valence-electron chi connectivity index (χ2n) is 4.09. The van der Waals surface area contributed by atoms with Gasteiger partial charge in [-0.25, -0.2) is 0 Å². The number of nitrogens with one attached hydrogen (secondary N) is 1. The molecule has 0 saturated heterocycles. The molecule has 0 aliphatic heterocycles. The van der Waals surface area contributed by atoms with E-state index in [-0.39, 0.29) is 11.3 Å². The van der Waals surface area contributed by atoms with Crippen LogP contribution in [0.4, 0.5) is 11.4 Å². The molecule has 0 amide bonds. The van der Waals surface area contributed by atoms with E-state index in [0.29, 0.717) is 12.2 Å².